The summed E-state index contributed by atoms with van der Waals surface area (Å²) in [4.78, 5) is 1.45. The Bertz CT molecular complexity index is 236. The molecule has 0 saturated carbocycles. The van der Waals surface area contributed by atoms with Crippen LogP contribution in [0.25, 0.3) is 6.08 Å². The van der Waals surface area contributed by atoms with Gasteiger partial charge in [0.05, 0.1) is 20.6 Å². The van der Waals surface area contributed by atoms with Crippen LogP contribution in [0.3, 0.4) is 0 Å². The molecule has 1 N–H and O–H groups in total. The maximum Gasteiger partial charge on any atom is 0.0957 e. The predicted molar refractivity (Wildman–Crippen MR) is 53.2 cm³/mol. The van der Waals surface area contributed by atoms with E-state index in [0.717, 1.165) is 6.54 Å². The molecule has 1 aromatic rings. The Balaban J connectivity index is 2.47. The third kappa shape index (κ3) is 3.35. The minimum absolute atomic E-state index is 1.08. The molecule has 0 unspecified atom stereocenters. The zero-order valence-electron chi connectivity index (χ0n) is 7.75. The van der Waals surface area contributed by atoms with Gasteiger partial charge in [0.25, 0.3) is 0 Å². The summed E-state index contributed by atoms with van der Waals surface area (Å²) in [6, 6.07) is 10.4. The standard InChI is InChI=1S/C11H15N/c1-12(2)10-6-9-11-7-4-3-5-8-11/h3-9H,10H2,1-2H3/p+1/b9-6+. The Labute approximate surface area is 74.3 Å². The Morgan fingerprint density at radius 2 is 1.83 bits per heavy atom. The van der Waals surface area contributed by atoms with Crippen molar-refractivity contribution in [3.05, 3.63) is 42.0 Å². The quantitative estimate of drug-likeness (QED) is 0.672. The Kier molecular flexibility index (Phi) is 3.55. The van der Waals surface area contributed by atoms with Gasteiger partial charge < -0.3 is 4.90 Å². The van der Waals surface area contributed by atoms with Crippen LogP contribution in [0.5, 0.6) is 0 Å². The van der Waals surface area contributed by atoms with Crippen LogP contribution in [0.15, 0.2) is 36.4 Å². The lowest BCUT2D eigenvalue weighted by molar-refractivity contribution is -0.851. The fourth-order valence-corrected chi connectivity index (χ4v) is 0.995. The van der Waals surface area contributed by atoms with Crippen molar-refractivity contribution in [3.63, 3.8) is 0 Å². The second-order valence-corrected chi connectivity index (χ2v) is 3.22. The Morgan fingerprint density at radius 1 is 1.17 bits per heavy atom. The van der Waals surface area contributed by atoms with Gasteiger partial charge in [-0.15, -0.1) is 0 Å². The van der Waals surface area contributed by atoms with Crippen molar-refractivity contribution in [3.8, 4) is 0 Å². The van der Waals surface area contributed by atoms with E-state index in [4.69, 9.17) is 0 Å². The molecule has 1 aromatic carbocycles. The van der Waals surface area contributed by atoms with Crippen LogP contribution in [0.1, 0.15) is 5.56 Å². The monoisotopic (exact) mass is 162 g/mol. The first-order chi connectivity index (χ1) is 5.79. The van der Waals surface area contributed by atoms with Crippen LogP contribution in [0, 0.1) is 0 Å². The molecule has 0 heterocycles. The SMILES string of the molecule is C[NH+](C)C/C=C/c1ccccc1. The van der Waals surface area contributed by atoms with E-state index < -0.39 is 0 Å². The van der Waals surface area contributed by atoms with Gasteiger partial charge in [-0.25, -0.2) is 0 Å². The summed E-state index contributed by atoms with van der Waals surface area (Å²) in [5.41, 5.74) is 1.28. The van der Waals surface area contributed by atoms with Crippen LogP contribution in [0.2, 0.25) is 0 Å². The summed E-state index contributed by atoms with van der Waals surface area (Å²) in [6.07, 6.45) is 4.36. The summed E-state index contributed by atoms with van der Waals surface area (Å²) in [6.45, 7) is 1.08. The molecular formula is C11H16N+. The van der Waals surface area contributed by atoms with Crippen molar-refractivity contribution in [2.24, 2.45) is 0 Å². The van der Waals surface area contributed by atoms with E-state index in [1.165, 1.54) is 10.5 Å². The first kappa shape index (κ1) is 9.01. The number of hydrogen-bond acceptors (Lipinski definition) is 0. The lowest BCUT2D eigenvalue weighted by atomic mass is 10.2. The van der Waals surface area contributed by atoms with Gasteiger partial charge in [0.1, 0.15) is 0 Å². The number of benzene rings is 1. The van der Waals surface area contributed by atoms with E-state index in [1.807, 2.05) is 6.07 Å². The topological polar surface area (TPSA) is 4.44 Å². The van der Waals surface area contributed by atoms with E-state index in [1.54, 1.807) is 0 Å². The molecule has 64 valence electrons. The normalized spacial score (nSPS) is 11.2. The molecule has 0 amide bonds. The van der Waals surface area contributed by atoms with Gasteiger partial charge in [-0.3, -0.25) is 0 Å². The van der Waals surface area contributed by atoms with Gasteiger partial charge in [-0.1, -0.05) is 36.4 Å². The maximum atomic E-state index is 2.20. The van der Waals surface area contributed by atoms with Crippen LogP contribution >= 0.6 is 0 Å². The molecule has 12 heavy (non-hydrogen) atoms. The van der Waals surface area contributed by atoms with Crippen molar-refractivity contribution in [1.82, 2.24) is 0 Å². The van der Waals surface area contributed by atoms with Crippen molar-refractivity contribution in [2.45, 2.75) is 0 Å². The molecule has 0 fully saturated rings. The van der Waals surface area contributed by atoms with Gasteiger partial charge >= 0.3 is 0 Å². The lowest BCUT2D eigenvalue weighted by Gasteiger charge is -2.00. The van der Waals surface area contributed by atoms with Crippen LogP contribution in [-0.2, 0) is 0 Å². The first-order valence-electron chi connectivity index (χ1n) is 4.29. The molecule has 0 aliphatic carbocycles. The van der Waals surface area contributed by atoms with Crippen LogP contribution in [0.4, 0.5) is 0 Å². The molecule has 1 heteroatoms. The number of hydrogen-bond donors (Lipinski definition) is 1. The fourth-order valence-electron chi connectivity index (χ4n) is 0.995. The van der Waals surface area contributed by atoms with Gasteiger partial charge in [0.2, 0.25) is 0 Å². The minimum atomic E-state index is 1.08. The number of likely N-dealkylation sites (N-methyl/N-ethyl adjacent to an activating group) is 1. The molecule has 0 aromatic heterocycles. The van der Waals surface area contributed by atoms with Gasteiger partial charge in [0.15, 0.2) is 0 Å². The molecule has 0 aliphatic heterocycles. The highest BCUT2D eigenvalue weighted by atomic mass is 15.0. The predicted octanol–water partition coefficient (Wildman–Crippen LogP) is 0.844. The Hall–Kier alpha value is -1.08. The zero-order valence-corrected chi connectivity index (χ0v) is 7.75. The number of quaternary nitrogens is 1. The van der Waals surface area contributed by atoms with Crippen LogP contribution < -0.4 is 4.90 Å². The molecule has 0 aliphatic rings. The van der Waals surface area contributed by atoms with Crippen molar-refractivity contribution in [2.75, 3.05) is 20.6 Å². The third-order valence-corrected chi connectivity index (χ3v) is 1.64. The van der Waals surface area contributed by atoms with Gasteiger partial charge in [0, 0.05) is 0 Å². The molecule has 0 saturated heterocycles. The van der Waals surface area contributed by atoms with Gasteiger partial charge in [-0.05, 0) is 11.6 Å². The third-order valence-electron chi connectivity index (χ3n) is 1.64. The highest BCUT2D eigenvalue weighted by Crippen LogP contribution is 1.99. The molecule has 0 radical (unpaired) electrons. The lowest BCUT2D eigenvalue weighted by Crippen LogP contribution is -3.05. The summed E-state index contributed by atoms with van der Waals surface area (Å²) in [7, 11) is 4.30. The molecule has 0 spiro atoms. The molecule has 1 rings (SSSR count). The number of nitrogens with one attached hydrogen (secondary N) is 1. The minimum Gasteiger partial charge on any atom is -0.337 e. The molecule has 0 bridgehead atoms. The second kappa shape index (κ2) is 4.73. The molecule has 1 nitrogen and oxygen atoms in total. The van der Waals surface area contributed by atoms with E-state index in [2.05, 4.69) is 50.5 Å². The highest BCUT2D eigenvalue weighted by Gasteiger charge is 1.86. The molecule has 0 atom stereocenters. The largest absolute Gasteiger partial charge is 0.337 e. The maximum absolute atomic E-state index is 2.20. The Morgan fingerprint density at radius 3 is 2.42 bits per heavy atom. The van der Waals surface area contributed by atoms with E-state index in [9.17, 15) is 0 Å². The fraction of sp³-hybridized carbons (Fsp3) is 0.273. The molecular weight excluding hydrogens is 146 g/mol. The summed E-state index contributed by atoms with van der Waals surface area (Å²) in [5.74, 6) is 0. The van der Waals surface area contributed by atoms with Crippen LogP contribution in [-0.4, -0.2) is 20.6 Å². The second-order valence-electron chi connectivity index (χ2n) is 3.22. The van der Waals surface area contributed by atoms with Crippen molar-refractivity contribution in [1.29, 1.82) is 0 Å². The first-order valence-corrected chi connectivity index (χ1v) is 4.29. The smallest absolute Gasteiger partial charge is 0.0957 e. The van der Waals surface area contributed by atoms with Gasteiger partial charge in [-0.2, -0.15) is 0 Å². The summed E-state index contributed by atoms with van der Waals surface area (Å²) < 4.78 is 0. The number of rotatable bonds is 3. The average Bonchev–Trinajstić information content (AvgIpc) is 2.05. The van der Waals surface area contributed by atoms with Crippen molar-refractivity contribution >= 4 is 6.08 Å². The van der Waals surface area contributed by atoms with Crippen molar-refractivity contribution < 1.29 is 4.90 Å². The zero-order chi connectivity index (χ0) is 8.81. The van der Waals surface area contributed by atoms with E-state index in [0.29, 0.717) is 0 Å². The van der Waals surface area contributed by atoms with E-state index in [-0.39, 0.29) is 0 Å². The highest BCUT2D eigenvalue weighted by molar-refractivity contribution is 5.48. The van der Waals surface area contributed by atoms with E-state index >= 15 is 0 Å². The summed E-state index contributed by atoms with van der Waals surface area (Å²) in [5, 5.41) is 0. The summed E-state index contributed by atoms with van der Waals surface area (Å²) >= 11 is 0. The average molecular weight is 162 g/mol.